The minimum Gasteiger partial charge on any atom is -0.364 e. The lowest BCUT2D eigenvalue weighted by atomic mass is 10.0. The molecule has 11 heteroatoms. The van der Waals surface area contributed by atoms with Gasteiger partial charge in [0.1, 0.15) is 12.6 Å². The van der Waals surface area contributed by atoms with Crippen LogP contribution in [0.15, 0.2) is 61.2 Å². The third kappa shape index (κ3) is 4.63. The van der Waals surface area contributed by atoms with Crippen LogP contribution >= 0.6 is 0 Å². The highest BCUT2D eigenvalue weighted by Gasteiger charge is 2.34. The van der Waals surface area contributed by atoms with Crippen LogP contribution in [0.2, 0.25) is 0 Å². The van der Waals surface area contributed by atoms with Gasteiger partial charge in [0.25, 0.3) is 5.91 Å². The standard InChI is InChI=1S/C25H24N8O3/c26-24(35)23-19-11-17(18-7-9-29-30-14-18)5-6-20(19)33(31-23)15-22(34)32-10-2-4-21(32)25(36)28-13-16-3-1-8-27-12-16/h1,3,5-9,11-12,14,21H,2,4,10,13,15H2,(H2,26,35)(H,28,36)/t21-/m0/s1. The van der Waals surface area contributed by atoms with Crippen molar-refractivity contribution in [2.45, 2.75) is 32.0 Å². The number of hydrogen-bond acceptors (Lipinski definition) is 7. The average Bonchev–Trinajstić information content (AvgIpc) is 3.54. The number of carbonyl (C=O) groups excluding carboxylic acids is 3. The zero-order valence-electron chi connectivity index (χ0n) is 19.4. The van der Waals surface area contributed by atoms with E-state index in [1.165, 1.54) is 4.68 Å². The molecule has 1 saturated heterocycles. The molecule has 36 heavy (non-hydrogen) atoms. The molecule has 1 fully saturated rings. The third-order valence-corrected chi connectivity index (χ3v) is 6.25. The van der Waals surface area contributed by atoms with E-state index in [4.69, 9.17) is 5.73 Å². The van der Waals surface area contributed by atoms with E-state index in [9.17, 15) is 14.4 Å². The summed E-state index contributed by atoms with van der Waals surface area (Å²) in [5, 5.41) is 15.4. The summed E-state index contributed by atoms with van der Waals surface area (Å²) in [6.07, 6.45) is 7.87. The van der Waals surface area contributed by atoms with Crippen molar-refractivity contribution in [2.75, 3.05) is 6.54 Å². The zero-order chi connectivity index (χ0) is 25.1. The molecule has 0 saturated carbocycles. The Morgan fingerprint density at radius 1 is 1.06 bits per heavy atom. The van der Waals surface area contributed by atoms with Gasteiger partial charge < -0.3 is 16.0 Å². The first-order valence-corrected chi connectivity index (χ1v) is 11.5. The van der Waals surface area contributed by atoms with Gasteiger partial charge in [-0.15, -0.1) is 0 Å². The predicted octanol–water partition coefficient (Wildman–Crippen LogP) is 1.29. The van der Waals surface area contributed by atoms with Crippen LogP contribution in [0.1, 0.15) is 28.9 Å². The summed E-state index contributed by atoms with van der Waals surface area (Å²) >= 11 is 0. The number of fused-ring (bicyclic) bond motifs is 1. The first-order valence-electron chi connectivity index (χ1n) is 11.5. The van der Waals surface area contributed by atoms with Crippen LogP contribution in [-0.2, 0) is 22.7 Å². The van der Waals surface area contributed by atoms with Gasteiger partial charge in [0.2, 0.25) is 11.8 Å². The average molecular weight is 485 g/mol. The minimum absolute atomic E-state index is 0.0776. The molecule has 0 spiro atoms. The van der Waals surface area contributed by atoms with Gasteiger partial charge >= 0.3 is 0 Å². The zero-order valence-corrected chi connectivity index (χ0v) is 19.4. The number of carbonyl (C=O) groups is 3. The van der Waals surface area contributed by atoms with Crippen LogP contribution in [0.5, 0.6) is 0 Å². The molecular formula is C25H24N8O3. The maximum Gasteiger partial charge on any atom is 0.269 e. The number of nitrogens with two attached hydrogens (primary N) is 1. The summed E-state index contributed by atoms with van der Waals surface area (Å²) in [4.78, 5) is 43.8. The molecule has 0 bridgehead atoms. The Kier molecular flexibility index (Phi) is 6.35. The molecule has 182 valence electrons. The second-order valence-corrected chi connectivity index (χ2v) is 8.56. The summed E-state index contributed by atoms with van der Waals surface area (Å²) in [7, 11) is 0. The molecular weight excluding hydrogens is 460 g/mol. The highest BCUT2D eigenvalue weighted by atomic mass is 16.2. The van der Waals surface area contributed by atoms with Gasteiger partial charge in [0.05, 0.1) is 17.9 Å². The van der Waals surface area contributed by atoms with E-state index in [0.717, 1.165) is 23.1 Å². The van der Waals surface area contributed by atoms with E-state index in [2.05, 4.69) is 25.6 Å². The Labute approximate surface area is 206 Å². The Morgan fingerprint density at radius 2 is 1.94 bits per heavy atom. The molecule has 0 radical (unpaired) electrons. The van der Waals surface area contributed by atoms with Gasteiger partial charge in [0.15, 0.2) is 5.69 Å². The summed E-state index contributed by atoms with van der Waals surface area (Å²) in [5.74, 6) is -1.15. The Bertz CT molecular complexity index is 1420. The number of aromatic nitrogens is 5. The van der Waals surface area contributed by atoms with Gasteiger partial charge in [-0.05, 0) is 48.2 Å². The monoisotopic (exact) mass is 484 g/mol. The Morgan fingerprint density at radius 3 is 2.69 bits per heavy atom. The van der Waals surface area contributed by atoms with E-state index in [1.807, 2.05) is 12.1 Å². The van der Waals surface area contributed by atoms with Crippen molar-refractivity contribution < 1.29 is 14.4 Å². The molecule has 11 nitrogen and oxygen atoms in total. The molecule has 3 amide bonds. The lowest BCUT2D eigenvalue weighted by Crippen LogP contribution is -2.46. The van der Waals surface area contributed by atoms with E-state index in [0.29, 0.717) is 30.4 Å². The molecule has 1 atom stereocenters. The van der Waals surface area contributed by atoms with Crippen molar-refractivity contribution >= 4 is 28.6 Å². The number of benzene rings is 1. The van der Waals surface area contributed by atoms with Gasteiger partial charge in [-0.3, -0.25) is 24.0 Å². The molecule has 1 aliphatic heterocycles. The normalized spacial score (nSPS) is 15.2. The van der Waals surface area contributed by atoms with Crippen molar-refractivity contribution in [3.63, 3.8) is 0 Å². The van der Waals surface area contributed by atoms with Crippen LogP contribution in [0, 0.1) is 0 Å². The fourth-order valence-electron chi connectivity index (χ4n) is 4.49. The molecule has 0 aliphatic carbocycles. The van der Waals surface area contributed by atoms with Crippen molar-refractivity contribution in [1.29, 1.82) is 0 Å². The molecule has 1 aromatic carbocycles. The molecule has 3 aromatic heterocycles. The van der Waals surface area contributed by atoms with Crippen molar-refractivity contribution in [1.82, 2.24) is 35.2 Å². The lowest BCUT2D eigenvalue weighted by Gasteiger charge is -2.24. The second-order valence-electron chi connectivity index (χ2n) is 8.56. The number of likely N-dealkylation sites (tertiary alicyclic amines) is 1. The van der Waals surface area contributed by atoms with Crippen molar-refractivity contribution in [2.24, 2.45) is 5.73 Å². The molecule has 4 aromatic rings. The maximum atomic E-state index is 13.3. The predicted molar refractivity (Wildman–Crippen MR) is 130 cm³/mol. The highest BCUT2D eigenvalue weighted by Crippen LogP contribution is 2.27. The molecule has 3 N–H and O–H groups in total. The summed E-state index contributed by atoms with van der Waals surface area (Å²) in [6, 6.07) is 10.4. The van der Waals surface area contributed by atoms with E-state index in [-0.39, 0.29) is 24.1 Å². The van der Waals surface area contributed by atoms with Crippen LogP contribution in [0.3, 0.4) is 0 Å². The number of primary amides is 1. The number of pyridine rings is 1. The van der Waals surface area contributed by atoms with Crippen molar-refractivity contribution in [3.05, 3.63) is 72.4 Å². The van der Waals surface area contributed by atoms with Crippen LogP contribution in [0.4, 0.5) is 0 Å². The quantitative estimate of drug-likeness (QED) is 0.401. The molecule has 5 rings (SSSR count). The second kappa shape index (κ2) is 9.90. The first-order chi connectivity index (χ1) is 17.5. The largest absolute Gasteiger partial charge is 0.364 e. The van der Waals surface area contributed by atoms with Crippen LogP contribution in [-0.4, -0.2) is 60.2 Å². The number of rotatable bonds is 7. The summed E-state index contributed by atoms with van der Waals surface area (Å²) in [6.45, 7) is 0.698. The minimum atomic E-state index is -0.690. The summed E-state index contributed by atoms with van der Waals surface area (Å²) < 4.78 is 1.47. The van der Waals surface area contributed by atoms with Crippen molar-refractivity contribution in [3.8, 4) is 11.1 Å². The Hall–Kier alpha value is -4.67. The Balaban J connectivity index is 1.35. The van der Waals surface area contributed by atoms with E-state index in [1.54, 1.807) is 54.0 Å². The van der Waals surface area contributed by atoms with Gasteiger partial charge in [-0.1, -0.05) is 12.1 Å². The molecule has 4 heterocycles. The van der Waals surface area contributed by atoms with E-state index < -0.39 is 11.9 Å². The fraction of sp³-hybridized carbons (Fsp3) is 0.240. The van der Waals surface area contributed by atoms with Crippen LogP contribution in [0.25, 0.3) is 22.0 Å². The fourth-order valence-corrected chi connectivity index (χ4v) is 4.49. The summed E-state index contributed by atoms with van der Waals surface area (Å²) in [5.41, 5.74) is 8.78. The number of hydrogen-bond donors (Lipinski definition) is 2. The van der Waals surface area contributed by atoms with Gasteiger partial charge in [0, 0.05) is 36.4 Å². The van der Waals surface area contributed by atoms with Gasteiger partial charge in [-0.25, -0.2) is 0 Å². The lowest BCUT2D eigenvalue weighted by molar-refractivity contribution is -0.139. The van der Waals surface area contributed by atoms with Crippen LogP contribution < -0.4 is 11.1 Å². The number of nitrogens with zero attached hydrogens (tertiary/aromatic N) is 6. The molecule has 1 aliphatic rings. The SMILES string of the molecule is NC(=O)c1nn(CC(=O)N2CCC[C@H]2C(=O)NCc2cccnc2)c2ccc(-c3ccnnc3)cc12. The smallest absolute Gasteiger partial charge is 0.269 e. The highest BCUT2D eigenvalue weighted by molar-refractivity contribution is 6.05. The van der Waals surface area contributed by atoms with Gasteiger partial charge in [-0.2, -0.15) is 15.3 Å². The third-order valence-electron chi connectivity index (χ3n) is 6.25. The molecule has 0 unspecified atom stereocenters. The maximum absolute atomic E-state index is 13.3. The topological polar surface area (TPSA) is 149 Å². The first kappa shape index (κ1) is 23.1. The van der Waals surface area contributed by atoms with E-state index >= 15 is 0 Å². The number of nitrogens with one attached hydrogen (secondary N) is 1. The number of amides is 3.